The van der Waals surface area contributed by atoms with Crippen molar-refractivity contribution >= 4 is 23.5 Å². The van der Waals surface area contributed by atoms with Crippen LogP contribution in [0.4, 0.5) is 5.69 Å². The Morgan fingerprint density at radius 2 is 1.74 bits per heavy atom. The quantitative estimate of drug-likeness (QED) is 0.265. The van der Waals surface area contributed by atoms with Crippen LogP contribution in [0.3, 0.4) is 0 Å². The summed E-state index contributed by atoms with van der Waals surface area (Å²) >= 11 is 0. The summed E-state index contributed by atoms with van der Waals surface area (Å²) in [5.41, 5.74) is 3.43. The topological polar surface area (TPSA) is 135 Å². The Balaban J connectivity index is 1.24. The molecule has 2 fully saturated rings. The van der Waals surface area contributed by atoms with Crippen molar-refractivity contribution in [1.82, 2.24) is 4.90 Å². The number of rotatable bonds is 8. The van der Waals surface area contributed by atoms with Crippen molar-refractivity contribution in [3.63, 3.8) is 0 Å². The molecule has 5 atom stereocenters. The first-order valence-electron chi connectivity index (χ1n) is 14.5. The molecule has 1 amide bonds. The van der Waals surface area contributed by atoms with E-state index in [0.717, 1.165) is 36.1 Å². The van der Waals surface area contributed by atoms with Crippen LogP contribution in [0.25, 0.3) is 0 Å². The van der Waals surface area contributed by atoms with E-state index < -0.39 is 24.1 Å². The highest BCUT2D eigenvalue weighted by molar-refractivity contribution is 6.16. The van der Waals surface area contributed by atoms with Crippen molar-refractivity contribution in [3.05, 3.63) is 100 Å². The lowest BCUT2D eigenvalue weighted by Crippen LogP contribution is -2.46. The number of nitrogens with zero attached hydrogens (tertiary/aromatic N) is 1. The number of aliphatic hydroxyl groups is 2. The normalized spacial score (nSPS) is 25.4. The van der Waals surface area contributed by atoms with E-state index in [1.807, 2.05) is 30.3 Å². The Labute approximate surface area is 249 Å². The van der Waals surface area contributed by atoms with Gasteiger partial charge in [0.05, 0.1) is 36.5 Å². The van der Waals surface area contributed by atoms with Crippen LogP contribution in [0.15, 0.2) is 66.7 Å². The summed E-state index contributed by atoms with van der Waals surface area (Å²) in [6.07, 6.45) is 0.769. The molecule has 5 unspecified atom stereocenters. The second-order valence-electron chi connectivity index (χ2n) is 11.3. The number of amides is 1. The average Bonchev–Trinajstić information content (AvgIpc) is 3.60. The third kappa shape index (κ3) is 5.97. The smallest absolute Gasteiger partial charge is 0.346 e. The van der Waals surface area contributed by atoms with Crippen molar-refractivity contribution in [2.75, 3.05) is 25.0 Å². The standard InChI is InChI=1S/C33H34N2O8/c1-19-28(16-35-13-3-6-25(35)18-37)41-33(42-29(19)21-9-7-20(17-36)8-10-21)23-4-2-5-24(14-23)34-30(38)22-11-12-26-27(15-22)32(40)43-31(26)39/h2,4-5,7-12,14-15,19,25,28-29,33,36-37H,3,6,13,16-18H2,1H3,(H,34,38). The molecule has 0 spiro atoms. The number of esters is 2. The third-order valence-corrected chi connectivity index (χ3v) is 8.57. The first-order chi connectivity index (χ1) is 20.8. The maximum Gasteiger partial charge on any atom is 0.346 e. The van der Waals surface area contributed by atoms with Gasteiger partial charge in [0.15, 0.2) is 6.29 Å². The van der Waals surface area contributed by atoms with Crippen molar-refractivity contribution in [2.24, 2.45) is 5.92 Å². The number of nitrogens with one attached hydrogen (secondary N) is 1. The van der Waals surface area contributed by atoms with Gasteiger partial charge in [-0.05, 0) is 60.8 Å². The number of benzene rings is 3. The molecule has 43 heavy (non-hydrogen) atoms. The monoisotopic (exact) mass is 586 g/mol. The fraction of sp³-hybridized carbons (Fsp3) is 0.364. The number of carbonyl (C=O) groups is 3. The lowest BCUT2D eigenvalue weighted by atomic mass is 9.90. The number of aliphatic hydroxyl groups excluding tert-OH is 2. The van der Waals surface area contributed by atoms with E-state index in [1.54, 1.807) is 18.2 Å². The second kappa shape index (κ2) is 12.4. The molecule has 3 N–H and O–H groups in total. The summed E-state index contributed by atoms with van der Waals surface area (Å²) in [6.45, 7) is 3.72. The summed E-state index contributed by atoms with van der Waals surface area (Å²) in [5, 5.41) is 22.3. The molecule has 3 aliphatic heterocycles. The highest BCUT2D eigenvalue weighted by Crippen LogP contribution is 2.42. The molecule has 2 saturated heterocycles. The Morgan fingerprint density at radius 1 is 0.953 bits per heavy atom. The fourth-order valence-electron chi connectivity index (χ4n) is 6.09. The van der Waals surface area contributed by atoms with Gasteiger partial charge in [-0.15, -0.1) is 0 Å². The van der Waals surface area contributed by atoms with Gasteiger partial charge in [0.25, 0.3) is 5.91 Å². The Morgan fingerprint density at radius 3 is 2.51 bits per heavy atom. The Kier molecular flexibility index (Phi) is 8.38. The predicted molar refractivity (Wildman–Crippen MR) is 155 cm³/mol. The molecule has 0 radical (unpaired) electrons. The van der Waals surface area contributed by atoms with E-state index in [0.29, 0.717) is 12.2 Å². The number of hydrogen-bond acceptors (Lipinski definition) is 9. The van der Waals surface area contributed by atoms with Gasteiger partial charge in [0.1, 0.15) is 0 Å². The highest BCUT2D eigenvalue weighted by atomic mass is 16.7. The lowest BCUT2D eigenvalue weighted by molar-refractivity contribution is -0.276. The highest BCUT2D eigenvalue weighted by Gasteiger charge is 2.40. The molecule has 224 valence electrons. The summed E-state index contributed by atoms with van der Waals surface area (Å²) in [7, 11) is 0. The molecule has 10 nitrogen and oxygen atoms in total. The molecular formula is C33H34N2O8. The first kappa shape index (κ1) is 29.2. The van der Waals surface area contributed by atoms with Gasteiger partial charge in [0, 0.05) is 35.3 Å². The summed E-state index contributed by atoms with van der Waals surface area (Å²) in [6, 6.07) is 19.3. The summed E-state index contributed by atoms with van der Waals surface area (Å²) in [5.74, 6) is -1.95. The van der Waals surface area contributed by atoms with Gasteiger partial charge >= 0.3 is 11.9 Å². The van der Waals surface area contributed by atoms with Crippen LogP contribution in [-0.2, 0) is 20.8 Å². The van der Waals surface area contributed by atoms with E-state index in [9.17, 15) is 24.6 Å². The molecule has 10 heteroatoms. The Hall–Kier alpha value is -3.93. The molecule has 0 saturated carbocycles. The fourth-order valence-corrected chi connectivity index (χ4v) is 6.09. The molecule has 0 bridgehead atoms. The minimum Gasteiger partial charge on any atom is -0.395 e. The number of ether oxygens (including phenoxy) is 3. The van der Waals surface area contributed by atoms with E-state index >= 15 is 0 Å². The van der Waals surface area contributed by atoms with Gasteiger partial charge < -0.3 is 29.7 Å². The van der Waals surface area contributed by atoms with Gasteiger partial charge in [-0.3, -0.25) is 9.69 Å². The average molecular weight is 587 g/mol. The van der Waals surface area contributed by atoms with Crippen LogP contribution < -0.4 is 5.32 Å². The van der Waals surface area contributed by atoms with E-state index in [-0.39, 0.29) is 54.1 Å². The number of likely N-dealkylation sites (tertiary alicyclic amines) is 1. The molecule has 3 heterocycles. The molecule has 3 aromatic carbocycles. The first-order valence-corrected chi connectivity index (χ1v) is 14.5. The van der Waals surface area contributed by atoms with Gasteiger partial charge in [-0.2, -0.15) is 0 Å². The largest absolute Gasteiger partial charge is 0.395 e. The van der Waals surface area contributed by atoms with Crippen molar-refractivity contribution < 1.29 is 38.8 Å². The Bertz CT molecular complexity index is 1520. The molecule has 0 aliphatic carbocycles. The van der Waals surface area contributed by atoms with Crippen molar-refractivity contribution in [1.29, 1.82) is 0 Å². The zero-order valence-electron chi connectivity index (χ0n) is 23.8. The second-order valence-corrected chi connectivity index (χ2v) is 11.3. The van der Waals surface area contributed by atoms with Crippen LogP contribution in [0.1, 0.15) is 79.9 Å². The maximum atomic E-state index is 13.1. The van der Waals surface area contributed by atoms with E-state index in [1.165, 1.54) is 18.2 Å². The van der Waals surface area contributed by atoms with E-state index in [2.05, 4.69) is 21.9 Å². The number of fused-ring (bicyclic) bond motifs is 1. The predicted octanol–water partition coefficient (Wildman–Crippen LogP) is 3.99. The molecule has 3 aliphatic rings. The summed E-state index contributed by atoms with van der Waals surface area (Å²) < 4.78 is 17.8. The maximum absolute atomic E-state index is 13.1. The van der Waals surface area contributed by atoms with Crippen LogP contribution in [-0.4, -0.2) is 64.8 Å². The third-order valence-electron chi connectivity index (χ3n) is 8.57. The van der Waals surface area contributed by atoms with Gasteiger partial charge in [0.2, 0.25) is 0 Å². The lowest BCUT2D eigenvalue weighted by Gasteiger charge is -2.43. The van der Waals surface area contributed by atoms with Crippen LogP contribution in [0, 0.1) is 5.92 Å². The SMILES string of the molecule is CC1C(CN2CCCC2CO)OC(c2cccc(NC(=O)c3ccc4c(c3)C(=O)OC4=O)c2)OC1c1ccc(CO)cc1. The number of carbonyl (C=O) groups excluding carboxylic acids is 3. The molecule has 0 aromatic heterocycles. The number of cyclic esters (lactones) is 2. The number of hydrogen-bond donors (Lipinski definition) is 3. The van der Waals surface area contributed by atoms with Crippen molar-refractivity contribution in [2.45, 2.75) is 50.9 Å². The molecule has 6 rings (SSSR count). The number of anilines is 1. The van der Waals surface area contributed by atoms with Crippen LogP contribution in [0.2, 0.25) is 0 Å². The molecule has 3 aromatic rings. The summed E-state index contributed by atoms with van der Waals surface area (Å²) in [4.78, 5) is 39.1. The van der Waals surface area contributed by atoms with Crippen LogP contribution in [0.5, 0.6) is 0 Å². The minimum absolute atomic E-state index is 0.00237. The van der Waals surface area contributed by atoms with Gasteiger partial charge in [-0.25, -0.2) is 9.59 Å². The molecular weight excluding hydrogens is 552 g/mol. The minimum atomic E-state index is -0.771. The van der Waals surface area contributed by atoms with Crippen LogP contribution >= 0.6 is 0 Å². The van der Waals surface area contributed by atoms with E-state index in [4.69, 9.17) is 9.47 Å². The zero-order chi connectivity index (χ0) is 30.1. The zero-order valence-corrected chi connectivity index (χ0v) is 23.8. The van der Waals surface area contributed by atoms with Crippen molar-refractivity contribution in [3.8, 4) is 0 Å². The van der Waals surface area contributed by atoms with Gasteiger partial charge in [-0.1, -0.05) is 43.3 Å².